The first-order chi connectivity index (χ1) is 19.9. The van der Waals surface area contributed by atoms with Gasteiger partial charge in [-0.2, -0.15) is 0 Å². The molecule has 0 bridgehead atoms. The van der Waals surface area contributed by atoms with E-state index in [0.717, 1.165) is 6.21 Å². The first-order valence-corrected chi connectivity index (χ1v) is 15.6. The summed E-state index contributed by atoms with van der Waals surface area (Å²) in [5.41, 5.74) is -2.38. The maximum Gasteiger partial charge on any atom is 0.341 e. The van der Waals surface area contributed by atoms with Gasteiger partial charge in [-0.3, -0.25) is 19.7 Å². The number of carbonyl (C=O) groups is 4. The minimum absolute atomic E-state index is 0.288. The van der Waals surface area contributed by atoms with Crippen molar-refractivity contribution in [2.24, 2.45) is 15.9 Å². The Bertz CT molecular complexity index is 1390. The number of amides is 2. The summed E-state index contributed by atoms with van der Waals surface area (Å²) in [5, 5.41) is 12.1. The molecule has 2 heterocycles. The Morgan fingerprint density at radius 1 is 1.09 bits per heavy atom. The Hall–Kier alpha value is -3.65. The molecule has 0 aromatic heterocycles. The number of hydrogen-bond donors (Lipinski definition) is 2. The second kappa shape index (κ2) is 12.9. The van der Waals surface area contributed by atoms with Gasteiger partial charge in [0.15, 0.2) is 9.84 Å². The Kier molecular flexibility index (Phi) is 10.2. The number of rotatable bonds is 10. The first-order valence-electron chi connectivity index (χ1n) is 13.9. The van der Waals surface area contributed by atoms with Crippen LogP contribution in [-0.2, 0) is 38.5 Å². The zero-order valence-electron chi connectivity index (χ0n) is 25.3. The third kappa shape index (κ3) is 7.85. The van der Waals surface area contributed by atoms with Crippen molar-refractivity contribution in [3.8, 4) is 0 Å². The van der Waals surface area contributed by atoms with E-state index in [0.29, 0.717) is 18.8 Å². The lowest BCUT2D eigenvalue weighted by atomic mass is 9.87. The summed E-state index contributed by atoms with van der Waals surface area (Å²) in [4.78, 5) is 61.0. The summed E-state index contributed by atoms with van der Waals surface area (Å²) in [6, 6.07) is 8.56. The lowest BCUT2D eigenvalue weighted by molar-refractivity contribution is -0.164. The van der Waals surface area contributed by atoms with Crippen LogP contribution in [0.5, 0.6) is 0 Å². The fraction of sp³-hybridized carbons (Fsp3) is 0.586. The molecule has 0 aliphatic carbocycles. The van der Waals surface area contributed by atoms with E-state index in [2.05, 4.69) is 15.3 Å². The molecule has 2 N–H and O–H groups in total. The standard InChI is InChI=1S/C29H40N4O9S/c1-19(23(35)36)29(25(38)42-27(2,3)4)18-30-26(32-29)31-22(34)16-21(20-10-8-7-9-11-20)17-43(39,40)28(5,6)24(37)33-12-14-41-15-13-33/h7-11,18-19,21H,12-17H2,1-6H3,(H,35,36)(H,31,32,34). The summed E-state index contributed by atoms with van der Waals surface area (Å²) in [6.07, 6.45) is 0.710. The quantitative estimate of drug-likeness (QED) is 0.367. The van der Waals surface area contributed by atoms with E-state index in [1.54, 1.807) is 51.1 Å². The number of benzene rings is 1. The molecule has 1 saturated heterocycles. The third-order valence-electron chi connectivity index (χ3n) is 7.40. The van der Waals surface area contributed by atoms with E-state index in [1.165, 1.54) is 25.7 Å². The van der Waals surface area contributed by atoms with E-state index in [4.69, 9.17) is 9.47 Å². The van der Waals surface area contributed by atoms with Crippen LogP contribution in [0.4, 0.5) is 0 Å². The van der Waals surface area contributed by atoms with Crippen molar-refractivity contribution < 1.29 is 42.2 Å². The van der Waals surface area contributed by atoms with Gasteiger partial charge in [-0.25, -0.2) is 23.2 Å². The van der Waals surface area contributed by atoms with E-state index >= 15 is 0 Å². The van der Waals surface area contributed by atoms with Crippen molar-refractivity contribution in [1.29, 1.82) is 0 Å². The van der Waals surface area contributed by atoms with Gasteiger partial charge in [0.1, 0.15) is 10.3 Å². The topological polar surface area (TPSA) is 181 Å². The Labute approximate surface area is 251 Å². The number of carboxylic acid groups (broad SMARTS) is 1. The lowest BCUT2D eigenvalue weighted by Gasteiger charge is -2.34. The monoisotopic (exact) mass is 620 g/mol. The summed E-state index contributed by atoms with van der Waals surface area (Å²) in [5.74, 6) is -6.48. The Morgan fingerprint density at radius 3 is 2.26 bits per heavy atom. The van der Waals surface area contributed by atoms with Crippen LogP contribution in [0.3, 0.4) is 0 Å². The fourth-order valence-corrected chi connectivity index (χ4v) is 6.29. The number of nitrogens with one attached hydrogen (secondary N) is 1. The van der Waals surface area contributed by atoms with Crippen LogP contribution < -0.4 is 5.32 Å². The average Bonchev–Trinajstić information content (AvgIpc) is 3.36. The van der Waals surface area contributed by atoms with Crippen LogP contribution in [0, 0.1) is 5.92 Å². The van der Waals surface area contributed by atoms with Crippen LogP contribution in [0.2, 0.25) is 0 Å². The van der Waals surface area contributed by atoms with Crippen LogP contribution in [0.25, 0.3) is 0 Å². The van der Waals surface area contributed by atoms with Crippen molar-refractivity contribution >= 4 is 45.8 Å². The van der Waals surface area contributed by atoms with Crippen LogP contribution in [-0.4, -0.2) is 102 Å². The van der Waals surface area contributed by atoms with Crippen molar-refractivity contribution in [2.45, 2.75) is 69.8 Å². The van der Waals surface area contributed by atoms with Crippen molar-refractivity contribution in [3.05, 3.63) is 35.9 Å². The normalized spacial score (nSPS) is 20.6. The molecule has 13 nitrogen and oxygen atoms in total. The number of esters is 1. The van der Waals surface area contributed by atoms with Gasteiger partial charge in [0.2, 0.25) is 23.3 Å². The van der Waals surface area contributed by atoms with Crippen LogP contribution in [0.15, 0.2) is 40.3 Å². The van der Waals surface area contributed by atoms with Gasteiger partial charge in [0.05, 0.1) is 24.9 Å². The smallest absolute Gasteiger partial charge is 0.341 e. The van der Waals surface area contributed by atoms with Gasteiger partial charge >= 0.3 is 11.9 Å². The maximum absolute atomic E-state index is 13.7. The fourth-order valence-electron chi connectivity index (χ4n) is 4.64. The molecule has 14 heteroatoms. The third-order valence-corrected chi connectivity index (χ3v) is 9.97. The molecular formula is C29H40N4O9S. The number of aliphatic carboxylic acids is 1. The highest BCUT2D eigenvalue weighted by atomic mass is 32.2. The van der Waals surface area contributed by atoms with Crippen LogP contribution >= 0.6 is 0 Å². The Balaban J connectivity index is 1.84. The second-order valence-corrected chi connectivity index (χ2v) is 14.7. The number of aliphatic imine (C=N–C) groups is 2. The molecule has 1 aromatic rings. The maximum atomic E-state index is 13.7. The van der Waals surface area contributed by atoms with Gasteiger partial charge in [-0.15, -0.1) is 0 Å². The van der Waals surface area contributed by atoms with Gasteiger partial charge in [0.25, 0.3) is 0 Å². The summed E-state index contributed by atoms with van der Waals surface area (Å²) >= 11 is 0. The molecule has 0 saturated carbocycles. The van der Waals surface area contributed by atoms with Gasteiger partial charge < -0.3 is 19.5 Å². The molecule has 0 radical (unpaired) electrons. The minimum atomic E-state index is -4.09. The SMILES string of the molecule is CC(C(=O)O)C1(C(=O)OC(C)(C)C)C=NC(NC(=O)CC(CS(=O)(=O)C(C)(C)C(=O)N2CCOCC2)c2ccccc2)=N1. The predicted octanol–water partition coefficient (Wildman–Crippen LogP) is 1.57. The molecule has 1 fully saturated rings. The lowest BCUT2D eigenvalue weighted by Crippen LogP contribution is -2.54. The molecular weight excluding hydrogens is 580 g/mol. The molecule has 2 amide bonds. The Morgan fingerprint density at radius 2 is 1.70 bits per heavy atom. The molecule has 3 atom stereocenters. The molecule has 3 rings (SSSR count). The highest BCUT2D eigenvalue weighted by molar-refractivity contribution is 7.93. The highest BCUT2D eigenvalue weighted by Gasteiger charge is 2.51. The number of sulfone groups is 1. The number of carbonyl (C=O) groups excluding carboxylic acids is 3. The van der Waals surface area contributed by atoms with Crippen LogP contribution in [0.1, 0.15) is 59.4 Å². The molecule has 3 unspecified atom stereocenters. The van der Waals surface area contributed by atoms with Gasteiger partial charge in [0, 0.05) is 31.6 Å². The number of hydrogen-bond acceptors (Lipinski definition) is 10. The van der Waals surface area contributed by atoms with Gasteiger partial charge in [-0.05, 0) is 47.1 Å². The van der Waals surface area contributed by atoms with Crippen molar-refractivity contribution in [3.63, 3.8) is 0 Å². The summed E-state index contributed by atoms with van der Waals surface area (Å²) < 4.78 is 36.3. The molecule has 1 aromatic carbocycles. The highest BCUT2D eigenvalue weighted by Crippen LogP contribution is 2.31. The summed E-state index contributed by atoms with van der Waals surface area (Å²) in [6.45, 7) is 10.1. The first kappa shape index (κ1) is 33.8. The molecule has 236 valence electrons. The van der Waals surface area contributed by atoms with E-state index in [1.807, 2.05) is 0 Å². The zero-order chi connectivity index (χ0) is 32.2. The zero-order valence-corrected chi connectivity index (χ0v) is 26.1. The molecule has 2 aliphatic rings. The number of carboxylic acids is 1. The number of nitrogens with zero attached hydrogens (tertiary/aromatic N) is 3. The second-order valence-electron chi connectivity index (χ2n) is 12.1. The molecule has 43 heavy (non-hydrogen) atoms. The minimum Gasteiger partial charge on any atom is -0.481 e. The van der Waals surface area contributed by atoms with E-state index in [-0.39, 0.29) is 25.5 Å². The molecule has 2 aliphatic heterocycles. The van der Waals surface area contributed by atoms with Gasteiger partial charge in [-0.1, -0.05) is 30.3 Å². The van der Waals surface area contributed by atoms with E-state index in [9.17, 15) is 32.7 Å². The number of ether oxygens (including phenoxy) is 2. The number of guanidine groups is 1. The number of morpholine rings is 1. The average molecular weight is 621 g/mol. The summed E-state index contributed by atoms with van der Waals surface area (Å²) in [7, 11) is -4.09. The van der Waals surface area contributed by atoms with Crippen molar-refractivity contribution in [1.82, 2.24) is 10.2 Å². The molecule has 0 spiro atoms. The largest absolute Gasteiger partial charge is 0.481 e. The van der Waals surface area contributed by atoms with E-state index < -0.39 is 67.1 Å². The predicted molar refractivity (Wildman–Crippen MR) is 159 cm³/mol. The van der Waals surface area contributed by atoms with Crippen molar-refractivity contribution in [2.75, 3.05) is 32.1 Å².